The molecule has 10 heteroatoms. The molecule has 0 N–H and O–H groups in total. The van der Waals surface area contributed by atoms with Crippen LogP contribution in [0.1, 0.15) is 22.8 Å². The van der Waals surface area contributed by atoms with Gasteiger partial charge < -0.3 is 9.30 Å². The Kier molecular flexibility index (Phi) is 5.05. The molecular weight excluding hydrogens is 366 g/mol. The zero-order chi connectivity index (χ0) is 18.0. The summed E-state index contributed by atoms with van der Waals surface area (Å²) in [4.78, 5) is 33.0. The van der Waals surface area contributed by atoms with Crippen LogP contribution in [0.25, 0.3) is 5.78 Å². The first kappa shape index (κ1) is 17.4. The lowest BCUT2D eigenvalue weighted by molar-refractivity contribution is 0.0523. The lowest BCUT2D eigenvalue weighted by Gasteiger charge is -2.10. The predicted octanol–water partition coefficient (Wildman–Crippen LogP) is 1.89. The van der Waals surface area contributed by atoms with Crippen LogP contribution in [0.3, 0.4) is 0 Å². The topological polar surface area (TPSA) is 91.4 Å². The van der Waals surface area contributed by atoms with Gasteiger partial charge in [-0.3, -0.25) is 4.79 Å². The van der Waals surface area contributed by atoms with Crippen LogP contribution in [0.2, 0.25) is 5.15 Å². The number of aromatic nitrogens is 5. The van der Waals surface area contributed by atoms with Crippen molar-refractivity contribution in [3.63, 3.8) is 0 Å². The van der Waals surface area contributed by atoms with Gasteiger partial charge in [0.05, 0.1) is 13.2 Å². The van der Waals surface area contributed by atoms with E-state index < -0.39 is 11.5 Å². The molecule has 3 rings (SSSR count). The summed E-state index contributed by atoms with van der Waals surface area (Å²) in [7, 11) is 0. The Bertz CT molecular complexity index is 983. The van der Waals surface area contributed by atoms with Gasteiger partial charge in [-0.1, -0.05) is 29.4 Å². The highest BCUT2D eigenvalue weighted by molar-refractivity contribution is 7.98. The molecule has 130 valence electrons. The van der Waals surface area contributed by atoms with Crippen LogP contribution in [-0.2, 0) is 11.3 Å². The number of rotatable bonds is 5. The van der Waals surface area contributed by atoms with Gasteiger partial charge in [0.2, 0.25) is 10.9 Å². The molecule has 0 atom stereocenters. The number of halogens is 1. The molecule has 0 aromatic carbocycles. The minimum atomic E-state index is -0.696. The lowest BCUT2D eigenvalue weighted by atomic mass is 10.2. The molecule has 0 amide bonds. The third-order valence-corrected chi connectivity index (χ3v) is 4.12. The van der Waals surface area contributed by atoms with Crippen molar-refractivity contribution >= 4 is 35.1 Å². The normalized spacial score (nSPS) is 11.0. The highest BCUT2D eigenvalue weighted by Crippen LogP contribution is 2.13. The maximum atomic E-state index is 12.5. The van der Waals surface area contributed by atoms with Crippen molar-refractivity contribution in [1.82, 2.24) is 24.1 Å². The number of fused-ring (bicyclic) bond motifs is 1. The third kappa shape index (κ3) is 3.52. The summed E-state index contributed by atoms with van der Waals surface area (Å²) in [6.07, 6.45) is 4.86. The van der Waals surface area contributed by atoms with Crippen LogP contribution >= 0.6 is 23.4 Å². The standard InChI is InChI=1S/C15H14ClN5O3S/c1-3-24-13(23)10-8-20(7-9-4-5-11(16)17-6-9)15-18-14(25-2)19-21(15)12(10)22/h4-6,8H,3,7H2,1-2H3. The van der Waals surface area contributed by atoms with Crippen molar-refractivity contribution in [3.8, 4) is 0 Å². The lowest BCUT2D eigenvalue weighted by Crippen LogP contribution is -2.27. The molecule has 3 heterocycles. The van der Waals surface area contributed by atoms with Gasteiger partial charge in [0.25, 0.3) is 5.56 Å². The molecule has 0 spiro atoms. The first-order valence-corrected chi connectivity index (χ1v) is 8.95. The van der Waals surface area contributed by atoms with E-state index in [2.05, 4.69) is 15.1 Å². The molecule has 0 bridgehead atoms. The highest BCUT2D eigenvalue weighted by Gasteiger charge is 2.19. The van der Waals surface area contributed by atoms with Gasteiger partial charge in [0, 0.05) is 12.4 Å². The summed E-state index contributed by atoms with van der Waals surface area (Å²) in [5, 5.41) is 4.96. The van der Waals surface area contributed by atoms with Crippen LogP contribution < -0.4 is 5.56 Å². The zero-order valence-electron chi connectivity index (χ0n) is 13.5. The molecule has 0 aliphatic rings. The molecule has 0 saturated heterocycles. The van der Waals surface area contributed by atoms with E-state index in [-0.39, 0.29) is 12.2 Å². The Labute approximate surface area is 151 Å². The number of carbonyl (C=O) groups excluding carboxylic acids is 1. The predicted molar refractivity (Wildman–Crippen MR) is 93.3 cm³/mol. The molecule has 8 nitrogen and oxygen atoms in total. The van der Waals surface area contributed by atoms with Gasteiger partial charge in [-0.25, -0.2) is 9.78 Å². The fourth-order valence-corrected chi connectivity index (χ4v) is 2.69. The number of ether oxygens (including phenoxy) is 1. The Morgan fingerprint density at radius 1 is 1.40 bits per heavy atom. The summed E-state index contributed by atoms with van der Waals surface area (Å²) in [6, 6.07) is 3.47. The largest absolute Gasteiger partial charge is 0.462 e. The van der Waals surface area contributed by atoms with E-state index in [9.17, 15) is 9.59 Å². The van der Waals surface area contributed by atoms with E-state index in [4.69, 9.17) is 16.3 Å². The molecule has 3 aromatic heterocycles. The summed E-state index contributed by atoms with van der Waals surface area (Å²) >= 11 is 7.11. The molecule has 3 aromatic rings. The van der Waals surface area contributed by atoms with Crippen molar-refractivity contribution in [1.29, 1.82) is 0 Å². The van der Waals surface area contributed by atoms with Gasteiger partial charge in [-0.2, -0.15) is 9.50 Å². The highest BCUT2D eigenvalue weighted by atomic mass is 35.5. The average Bonchev–Trinajstić information content (AvgIpc) is 3.04. The maximum absolute atomic E-state index is 12.5. The summed E-state index contributed by atoms with van der Waals surface area (Å²) in [6.45, 7) is 2.19. The molecule has 0 aliphatic heterocycles. The number of hydrogen-bond acceptors (Lipinski definition) is 7. The Balaban J connectivity index is 2.16. The van der Waals surface area contributed by atoms with E-state index in [1.54, 1.807) is 36.1 Å². The Morgan fingerprint density at radius 3 is 2.84 bits per heavy atom. The quantitative estimate of drug-likeness (QED) is 0.379. The van der Waals surface area contributed by atoms with E-state index in [0.717, 1.165) is 10.1 Å². The van der Waals surface area contributed by atoms with Gasteiger partial charge in [0.1, 0.15) is 10.7 Å². The van der Waals surface area contributed by atoms with E-state index in [0.29, 0.717) is 22.6 Å². The number of hydrogen-bond donors (Lipinski definition) is 0. The molecular formula is C15H14ClN5O3S. The minimum Gasteiger partial charge on any atom is -0.462 e. The van der Waals surface area contributed by atoms with Gasteiger partial charge in [0.15, 0.2) is 0 Å². The van der Waals surface area contributed by atoms with E-state index in [1.165, 1.54) is 18.0 Å². The molecule has 0 unspecified atom stereocenters. The second kappa shape index (κ2) is 7.24. The van der Waals surface area contributed by atoms with Crippen molar-refractivity contribution in [2.45, 2.75) is 18.6 Å². The van der Waals surface area contributed by atoms with Crippen LogP contribution in [0.5, 0.6) is 0 Å². The third-order valence-electron chi connectivity index (χ3n) is 3.35. The monoisotopic (exact) mass is 379 g/mol. The molecule has 0 saturated carbocycles. The van der Waals surface area contributed by atoms with Crippen LogP contribution in [0, 0.1) is 0 Å². The van der Waals surface area contributed by atoms with Crippen molar-refractivity contribution in [2.75, 3.05) is 12.9 Å². The van der Waals surface area contributed by atoms with Gasteiger partial charge >= 0.3 is 5.97 Å². The van der Waals surface area contributed by atoms with Gasteiger partial charge in [-0.05, 0) is 24.8 Å². The molecule has 0 aliphatic carbocycles. The first-order chi connectivity index (χ1) is 12.0. The van der Waals surface area contributed by atoms with E-state index in [1.807, 2.05) is 0 Å². The second-order valence-electron chi connectivity index (χ2n) is 5.00. The summed E-state index contributed by atoms with van der Waals surface area (Å²) < 4.78 is 7.73. The second-order valence-corrected chi connectivity index (χ2v) is 6.16. The van der Waals surface area contributed by atoms with Crippen LogP contribution in [-0.4, -0.2) is 43.0 Å². The van der Waals surface area contributed by atoms with Crippen molar-refractivity contribution in [2.24, 2.45) is 0 Å². The fourth-order valence-electron chi connectivity index (χ4n) is 2.24. The maximum Gasteiger partial charge on any atom is 0.345 e. The average molecular weight is 380 g/mol. The minimum absolute atomic E-state index is 0.103. The molecule has 0 radical (unpaired) electrons. The number of nitrogens with zero attached hydrogens (tertiary/aromatic N) is 5. The van der Waals surface area contributed by atoms with Crippen molar-refractivity contribution in [3.05, 3.63) is 51.2 Å². The summed E-state index contributed by atoms with van der Waals surface area (Å²) in [5.41, 5.74) is 0.166. The smallest absolute Gasteiger partial charge is 0.345 e. The number of esters is 1. The van der Waals surface area contributed by atoms with E-state index >= 15 is 0 Å². The first-order valence-electron chi connectivity index (χ1n) is 7.35. The molecule has 0 fully saturated rings. The number of thioether (sulfide) groups is 1. The van der Waals surface area contributed by atoms with Crippen LogP contribution in [0.4, 0.5) is 0 Å². The Hall–Kier alpha value is -2.39. The van der Waals surface area contributed by atoms with Gasteiger partial charge in [-0.15, -0.1) is 5.10 Å². The number of carbonyl (C=O) groups is 1. The van der Waals surface area contributed by atoms with Crippen LogP contribution in [0.15, 0.2) is 34.5 Å². The molecule has 25 heavy (non-hydrogen) atoms. The zero-order valence-corrected chi connectivity index (χ0v) is 15.0. The summed E-state index contributed by atoms with van der Waals surface area (Å²) in [5.74, 6) is -0.365. The van der Waals surface area contributed by atoms with Crippen molar-refractivity contribution < 1.29 is 9.53 Å². The number of pyridine rings is 1. The fraction of sp³-hybridized carbons (Fsp3) is 0.267. The Morgan fingerprint density at radius 2 is 2.20 bits per heavy atom. The SMILES string of the molecule is CCOC(=O)c1cn(Cc2ccc(Cl)nc2)c2nc(SC)nn2c1=O.